The van der Waals surface area contributed by atoms with Gasteiger partial charge in [0.25, 0.3) is 0 Å². The molecule has 2 aromatic rings. The Morgan fingerprint density at radius 2 is 2.05 bits per heavy atom. The topological polar surface area (TPSA) is 49.3 Å². The van der Waals surface area contributed by atoms with Crippen LogP contribution in [0.5, 0.6) is 0 Å². The van der Waals surface area contributed by atoms with Crippen molar-refractivity contribution < 1.29 is 9.90 Å². The summed E-state index contributed by atoms with van der Waals surface area (Å²) in [6.45, 7) is 1.64. The van der Waals surface area contributed by atoms with Gasteiger partial charge in [-0.05, 0) is 53.8 Å². The number of aromatic carboxylic acids is 1. The molecular weight excluding hydrogens is 302 g/mol. The molecule has 1 aromatic heterocycles. The number of carbonyl (C=O) groups is 1. The van der Waals surface area contributed by atoms with Gasteiger partial charge in [0.05, 0.1) is 0 Å². The number of nitrogens with one attached hydrogen (secondary N) is 1. The molecule has 112 valence electrons. The summed E-state index contributed by atoms with van der Waals surface area (Å²) in [5.41, 5.74) is 0.938. The normalized spacial score (nSPS) is 16.4. The van der Waals surface area contributed by atoms with E-state index < -0.39 is 5.97 Å². The first-order valence-electron chi connectivity index (χ1n) is 7.28. The van der Waals surface area contributed by atoms with Crippen LogP contribution >= 0.6 is 23.1 Å². The molecule has 5 heteroatoms. The fraction of sp³-hybridized carbons (Fsp3) is 0.438. The summed E-state index contributed by atoms with van der Waals surface area (Å²) >= 11 is 3.41. The SMILES string of the molecule is O=C(O)c1sc2ccccc2c1CNCC1CCSCC1. The number of hydrogen-bond acceptors (Lipinski definition) is 4. The first kappa shape index (κ1) is 14.9. The van der Waals surface area contributed by atoms with E-state index in [-0.39, 0.29) is 0 Å². The molecule has 1 saturated heterocycles. The smallest absolute Gasteiger partial charge is 0.346 e. The molecule has 0 unspecified atom stereocenters. The second-order valence-electron chi connectivity index (χ2n) is 5.40. The molecule has 0 saturated carbocycles. The van der Waals surface area contributed by atoms with Crippen LogP contribution in [0, 0.1) is 5.92 Å². The molecule has 3 nitrogen and oxygen atoms in total. The van der Waals surface area contributed by atoms with E-state index in [4.69, 9.17) is 0 Å². The van der Waals surface area contributed by atoms with Crippen LogP contribution in [-0.4, -0.2) is 29.1 Å². The van der Waals surface area contributed by atoms with E-state index in [1.165, 1.54) is 35.7 Å². The second kappa shape index (κ2) is 6.81. The van der Waals surface area contributed by atoms with Gasteiger partial charge in [-0.25, -0.2) is 4.79 Å². The lowest BCUT2D eigenvalue weighted by atomic mass is 10.0. The van der Waals surface area contributed by atoms with Gasteiger partial charge >= 0.3 is 5.97 Å². The summed E-state index contributed by atoms with van der Waals surface area (Å²) in [7, 11) is 0. The maximum atomic E-state index is 11.4. The van der Waals surface area contributed by atoms with E-state index in [9.17, 15) is 9.90 Å². The van der Waals surface area contributed by atoms with E-state index in [1.54, 1.807) is 0 Å². The molecule has 1 aliphatic rings. The zero-order valence-corrected chi connectivity index (χ0v) is 13.4. The van der Waals surface area contributed by atoms with Crippen LogP contribution in [0.15, 0.2) is 24.3 Å². The Morgan fingerprint density at radius 3 is 2.81 bits per heavy atom. The Hall–Kier alpha value is -1.04. The van der Waals surface area contributed by atoms with Gasteiger partial charge in [-0.3, -0.25) is 0 Å². The van der Waals surface area contributed by atoms with Gasteiger partial charge < -0.3 is 10.4 Å². The second-order valence-corrected chi connectivity index (χ2v) is 7.67. The standard InChI is InChI=1S/C16H19NO2S2/c18-16(19)15-13(12-3-1-2-4-14(12)21-15)10-17-9-11-5-7-20-8-6-11/h1-4,11,17H,5-10H2,(H,18,19). The highest BCUT2D eigenvalue weighted by Gasteiger charge is 2.18. The maximum Gasteiger partial charge on any atom is 0.346 e. The molecule has 0 atom stereocenters. The Morgan fingerprint density at radius 1 is 1.29 bits per heavy atom. The zero-order chi connectivity index (χ0) is 14.7. The van der Waals surface area contributed by atoms with Crippen molar-refractivity contribution in [3.63, 3.8) is 0 Å². The van der Waals surface area contributed by atoms with Crippen LogP contribution in [0.3, 0.4) is 0 Å². The van der Waals surface area contributed by atoms with E-state index >= 15 is 0 Å². The monoisotopic (exact) mass is 321 g/mol. The highest BCUT2D eigenvalue weighted by atomic mass is 32.2. The van der Waals surface area contributed by atoms with Crippen molar-refractivity contribution in [2.75, 3.05) is 18.1 Å². The third-order valence-electron chi connectivity index (χ3n) is 3.97. The van der Waals surface area contributed by atoms with Crippen LogP contribution in [0.4, 0.5) is 0 Å². The molecule has 1 aliphatic heterocycles. The fourth-order valence-electron chi connectivity index (χ4n) is 2.80. The molecule has 0 aliphatic carbocycles. The Labute approximate surface area is 132 Å². The third-order valence-corrected chi connectivity index (χ3v) is 6.22. The first-order chi connectivity index (χ1) is 10.3. The Balaban J connectivity index is 1.72. The lowest BCUT2D eigenvalue weighted by Gasteiger charge is -2.21. The summed E-state index contributed by atoms with van der Waals surface area (Å²) in [6.07, 6.45) is 2.54. The van der Waals surface area contributed by atoms with Gasteiger partial charge in [0.1, 0.15) is 4.88 Å². The molecule has 21 heavy (non-hydrogen) atoms. The predicted molar refractivity (Wildman–Crippen MR) is 90.5 cm³/mol. The van der Waals surface area contributed by atoms with Crippen molar-refractivity contribution in [2.45, 2.75) is 19.4 Å². The van der Waals surface area contributed by atoms with Gasteiger partial charge in [0, 0.05) is 11.2 Å². The van der Waals surface area contributed by atoms with Crippen molar-refractivity contribution in [1.29, 1.82) is 0 Å². The van der Waals surface area contributed by atoms with Gasteiger partial charge in [-0.1, -0.05) is 18.2 Å². The molecular formula is C16H19NO2S2. The van der Waals surface area contributed by atoms with Crippen molar-refractivity contribution >= 4 is 39.2 Å². The number of benzene rings is 1. The molecule has 1 fully saturated rings. The van der Waals surface area contributed by atoms with Gasteiger partial charge in [-0.2, -0.15) is 11.8 Å². The zero-order valence-electron chi connectivity index (χ0n) is 11.8. The first-order valence-corrected chi connectivity index (χ1v) is 9.25. The molecule has 0 spiro atoms. The summed E-state index contributed by atoms with van der Waals surface area (Å²) in [6, 6.07) is 7.95. The van der Waals surface area contributed by atoms with Gasteiger partial charge in [-0.15, -0.1) is 11.3 Å². The number of hydrogen-bond donors (Lipinski definition) is 2. The summed E-state index contributed by atoms with van der Waals surface area (Å²) in [5, 5.41) is 13.9. The Bertz CT molecular complexity index is 632. The van der Waals surface area contributed by atoms with E-state index in [0.29, 0.717) is 11.4 Å². The fourth-order valence-corrected chi connectivity index (χ4v) is 5.06. The van der Waals surface area contributed by atoms with Crippen molar-refractivity contribution in [1.82, 2.24) is 5.32 Å². The third kappa shape index (κ3) is 3.42. The number of carboxylic acid groups (broad SMARTS) is 1. The summed E-state index contributed by atoms with van der Waals surface area (Å²) in [5.74, 6) is 2.44. The lowest BCUT2D eigenvalue weighted by molar-refractivity contribution is 0.0701. The quantitative estimate of drug-likeness (QED) is 0.878. The maximum absolute atomic E-state index is 11.4. The molecule has 2 heterocycles. The summed E-state index contributed by atoms with van der Waals surface area (Å²) < 4.78 is 1.06. The molecule has 0 bridgehead atoms. The minimum Gasteiger partial charge on any atom is -0.477 e. The van der Waals surface area contributed by atoms with Crippen molar-refractivity contribution in [3.05, 3.63) is 34.7 Å². The van der Waals surface area contributed by atoms with Crippen LogP contribution in [0.25, 0.3) is 10.1 Å². The number of thioether (sulfide) groups is 1. The average Bonchev–Trinajstić information content (AvgIpc) is 2.88. The van der Waals surface area contributed by atoms with Crippen LogP contribution < -0.4 is 5.32 Å². The van der Waals surface area contributed by atoms with E-state index in [2.05, 4.69) is 5.32 Å². The van der Waals surface area contributed by atoms with Gasteiger partial charge in [0.2, 0.25) is 0 Å². The highest BCUT2D eigenvalue weighted by molar-refractivity contribution is 7.99. The minimum absolute atomic E-state index is 0.475. The molecule has 0 amide bonds. The number of rotatable bonds is 5. The van der Waals surface area contributed by atoms with Crippen molar-refractivity contribution in [3.8, 4) is 0 Å². The largest absolute Gasteiger partial charge is 0.477 e. The molecule has 2 N–H and O–H groups in total. The number of thiophene rings is 1. The van der Waals surface area contributed by atoms with E-state index in [1.807, 2.05) is 36.0 Å². The van der Waals surface area contributed by atoms with E-state index in [0.717, 1.165) is 28.1 Å². The van der Waals surface area contributed by atoms with Crippen LogP contribution in [0.2, 0.25) is 0 Å². The van der Waals surface area contributed by atoms with Crippen LogP contribution in [0.1, 0.15) is 28.1 Å². The highest BCUT2D eigenvalue weighted by Crippen LogP contribution is 2.31. The number of carboxylic acids is 1. The molecule has 1 aromatic carbocycles. The van der Waals surface area contributed by atoms with Gasteiger partial charge in [0.15, 0.2) is 0 Å². The lowest BCUT2D eigenvalue weighted by Crippen LogP contribution is -2.25. The minimum atomic E-state index is -0.818. The summed E-state index contributed by atoms with van der Waals surface area (Å²) in [4.78, 5) is 11.9. The van der Waals surface area contributed by atoms with Crippen molar-refractivity contribution in [2.24, 2.45) is 5.92 Å². The molecule has 3 rings (SSSR count). The Kier molecular flexibility index (Phi) is 4.83. The predicted octanol–water partition coefficient (Wildman–Crippen LogP) is 3.83. The molecule has 0 radical (unpaired) electrons. The average molecular weight is 321 g/mol. The number of fused-ring (bicyclic) bond motifs is 1. The van der Waals surface area contributed by atoms with Crippen LogP contribution in [-0.2, 0) is 6.54 Å².